The average Bonchev–Trinajstić information content (AvgIpc) is 2.54. The van der Waals surface area contributed by atoms with E-state index in [4.69, 9.17) is 4.84 Å². The van der Waals surface area contributed by atoms with Crippen LogP contribution in [-0.4, -0.2) is 34.8 Å². The van der Waals surface area contributed by atoms with Gasteiger partial charge in [0.05, 0.1) is 12.3 Å². The third kappa shape index (κ3) is 3.71. The van der Waals surface area contributed by atoms with E-state index >= 15 is 0 Å². The molecule has 0 heterocycles. The fraction of sp³-hybridized carbons (Fsp3) is 0.333. The zero-order chi connectivity index (χ0) is 16.1. The number of rotatable bonds is 6. The van der Waals surface area contributed by atoms with Gasteiger partial charge in [0.1, 0.15) is 0 Å². The SMILES string of the molecule is CCON(C)c1ccc(N(C)c2ccc(N(C)C)cc2)cc1. The molecule has 2 aromatic carbocycles. The highest BCUT2D eigenvalue weighted by atomic mass is 16.7. The Bertz CT molecular complexity index is 578. The molecule has 22 heavy (non-hydrogen) atoms. The molecule has 4 nitrogen and oxygen atoms in total. The van der Waals surface area contributed by atoms with Crippen LogP contribution < -0.4 is 14.9 Å². The predicted molar refractivity (Wildman–Crippen MR) is 95.3 cm³/mol. The highest BCUT2D eigenvalue weighted by Gasteiger charge is 2.06. The summed E-state index contributed by atoms with van der Waals surface area (Å²) in [6.45, 7) is 2.65. The Labute approximate surface area is 133 Å². The van der Waals surface area contributed by atoms with E-state index in [-0.39, 0.29) is 0 Å². The average molecular weight is 299 g/mol. The number of hydroxylamine groups is 1. The summed E-state index contributed by atoms with van der Waals surface area (Å²) in [6.07, 6.45) is 0. The fourth-order valence-corrected chi connectivity index (χ4v) is 2.28. The van der Waals surface area contributed by atoms with E-state index in [9.17, 15) is 0 Å². The summed E-state index contributed by atoms with van der Waals surface area (Å²) in [6, 6.07) is 16.9. The van der Waals surface area contributed by atoms with Crippen molar-refractivity contribution in [2.24, 2.45) is 0 Å². The number of hydrogen-bond donors (Lipinski definition) is 0. The molecule has 0 atom stereocenters. The first-order valence-electron chi connectivity index (χ1n) is 7.50. The number of nitrogens with zero attached hydrogens (tertiary/aromatic N) is 3. The molecule has 2 aromatic rings. The minimum absolute atomic E-state index is 0.663. The summed E-state index contributed by atoms with van der Waals surface area (Å²) in [5.41, 5.74) is 4.55. The van der Waals surface area contributed by atoms with Crippen LogP contribution in [0, 0.1) is 0 Å². The van der Waals surface area contributed by atoms with Crippen LogP contribution in [0.25, 0.3) is 0 Å². The van der Waals surface area contributed by atoms with Gasteiger partial charge in [0.15, 0.2) is 0 Å². The third-order valence-corrected chi connectivity index (χ3v) is 3.68. The van der Waals surface area contributed by atoms with Crippen molar-refractivity contribution in [1.29, 1.82) is 0 Å². The Morgan fingerprint density at radius 3 is 1.50 bits per heavy atom. The van der Waals surface area contributed by atoms with E-state index in [1.54, 1.807) is 5.06 Å². The quantitative estimate of drug-likeness (QED) is 0.753. The van der Waals surface area contributed by atoms with E-state index in [1.165, 1.54) is 5.69 Å². The molecule has 4 heteroatoms. The standard InChI is InChI=1S/C18H25N3O/c1-6-22-21(5)18-13-11-17(12-14-18)20(4)16-9-7-15(8-10-16)19(2)3/h7-14H,6H2,1-5H3. The molecule has 0 aliphatic heterocycles. The molecule has 0 saturated carbocycles. The summed E-state index contributed by atoms with van der Waals surface area (Å²) < 4.78 is 0. The first kappa shape index (κ1) is 16.2. The van der Waals surface area contributed by atoms with Gasteiger partial charge in [0, 0.05) is 45.3 Å². The van der Waals surface area contributed by atoms with E-state index < -0.39 is 0 Å². The Balaban J connectivity index is 2.13. The minimum Gasteiger partial charge on any atom is -0.378 e. The molecular formula is C18H25N3O. The van der Waals surface area contributed by atoms with Gasteiger partial charge in [-0.3, -0.25) is 9.90 Å². The topological polar surface area (TPSA) is 19.0 Å². The molecule has 0 saturated heterocycles. The molecule has 118 valence electrons. The van der Waals surface area contributed by atoms with Crippen molar-refractivity contribution < 1.29 is 4.84 Å². The van der Waals surface area contributed by atoms with Crippen molar-refractivity contribution in [2.45, 2.75) is 6.92 Å². The van der Waals surface area contributed by atoms with Gasteiger partial charge in [0.25, 0.3) is 0 Å². The van der Waals surface area contributed by atoms with Gasteiger partial charge in [-0.2, -0.15) is 0 Å². The van der Waals surface area contributed by atoms with E-state index in [0.717, 1.165) is 17.1 Å². The Hall–Kier alpha value is -2.20. The molecule has 0 fully saturated rings. The van der Waals surface area contributed by atoms with E-state index in [2.05, 4.69) is 65.4 Å². The van der Waals surface area contributed by atoms with Gasteiger partial charge in [-0.1, -0.05) is 0 Å². The predicted octanol–water partition coefficient (Wildman–Crippen LogP) is 3.91. The molecular weight excluding hydrogens is 274 g/mol. The lowest BCUT2D eigenvalue weighted by atomic mass is 10.2. The maximum Gasteiger partial charge on any atom is 0.0720 e. The van der Waals surface area contributed by atoms with Crippen LogP contribution in [0.2, 0.25) is 0 Å². The molecule has 0 bridgehead atoms. The van der Waals surface area contributed by atoms with E-state index in [0.29, 0.717) is 6.61 Å². The van der Waals surface area contributed by atoms with Crippen LogP contribution in [0.5, 0.6) is 0 Å². The molecule has 2 rings (SSSR count). The van der Waals surface area contributed by atoms with Crippen molar-refractivity contribution in [2.75, 3.05) is 49.7 Å². The van der Waals surface area contributed by atoms with Gasteiger partial charge in [0.2, 0.25) is 0 Å². The normalized spacial score (nSPS) is 10.4. The molecule has 0 unspecified atom stereocenters. The lowest BCUT2D eigenvalue weighted by molar-refractivity contribution is 0.135. The summed E-state index contributed by atoms with van der Waals surface area (Å²) in [5.74, 6) is 0. The number of anilines is 4. The first-order chi connectivity index (χ1) is 10.5. The number of benzene rings is 2. The Morgan fingerprint density at radius 2 is 1.09 bits per heavy atom. The molecule has 0 radical (unpaired) electrons. The molecule has 0 aliphatic carbocycles. The van der Waals surface area contributed by atoms with Crippen LogP contribution in [0.4, 0.5) is 22.7 Å². The minimum atomic E-state index is 0.663. The van der Waals surface area contributed by atoms with Gasteiger partial charge in [-0.05, 0) is 55.5 Å². The third-order valence-electron chi connectivity index (χ3n) is 3.68. The zero-order valence-corrected chi connectivity index (χ0v) is 14.1. The van der Waals surface area contributed by atoms with Crippen LogP contribution >= 0.6 is 0 Å². The molecule has 0 spiro atoms. The lowest BCUT2D eigenvalue weighted by Gasteiger charge is -2.22. The first-order valence-corrected chi connectivity index (χ1v) is 7.50. The van der Waals surface area contributed by atoms with Crippen molar-refractivity contribution in [3.8, 4) is 0 Å². The number of hydrogen-bond acceptors (Lipinski definition) is 4. The monoisotopic (exact) mass is 299 g/mol. The maximum atomic E-state index is 5.46. The second-order valence-corrected chi connectivity index (χ2v) is 5.40. The van der Waals surface area contributed by atoms with Crippen LogP contribution in [-0.2, 0) is 4.84 Å². The smallest absolute Gasteiger partial charge is 0.0720 e. The Morgan fingerprint density at radius 1 is 0.682 bits per heavy atom. The molecule has 0 N–H and O–H groups in total. The second kappa shape index (κ2) is 7.18. The van der Waals surface area contributed by atoms with Crippen LogP contribution in [0.15, 0.2) is 48.5 Å². The highest BCUT2D eigenvalue weighted by molar-refractivity contribution is 5.66. The summed E-state index contributed by atoms with van der Waals surface area (Å²) in [4.78, 5) is 9.73. The van der Waals surface area contributed by atoms with Crippen molar-refractivity contribution >= 4 is 22.7 Å². The fourth-order valence-electron chi connectivity index (χ4n) is 2.28. The van der Waals surface area contributed by atoms with Gasteiger partial charge in [-0.25, -0.2) is 0 Å². The second-order valence-electron chi connectivity index (χ2n) is 5.40. The summed E-state index contributed by atoms with van der Waals surface area (Å²) in [5, 5.41) is 1.79. The maximum absolute atomic E-state index is 5.46. The molecule has 0 amide bonds. The largest absolute Gasteiger partial charge is 0.378 e. The van der Waals surface area contributed by atoms with E-state index in [1.807, 2.05) is 28.1 Å². The summed E-state index contributed by atoms with van der Waals surface area (Å²) in [7, 11) is 8.09. The molecule has 0 aliphatic rings. The molecule has 0 aromatic heterocycles. The van der Waals surface area contributed by atoms with Gasteiger partial charge >= 0.3 is 0 Å². The van der Waals surface area contributed by atoms with Crippen molar-refractivity contribution in [3.63, 3.8) is 0 Å². The van der Waals surface area contributed by atoms with Gasteiger partial charge < -0.3 is 9.80 Å². The van der Waals surface area contributed by atoms with Crippen LogP contribution in [0.1, 0.15) is 6.92 Å². The van der Waals surface area contributed by atoms with Crippen LogP contribution in [0.3, 0.4) is 0 Å². The highest BCUT2D eigenvalue weighted by Crippen LogP contribution is 2.27. The summed E-state index contributed by atoms with van der Waals surface area (Å²) >= 11 is 0. The Kier molecular flexibility index (Phi) is 5.28. The zero-order valence-electron chi connectivity index (χ0n) is 14.1. The van der Waals surface area contributed by atoms with Crippen molar-refractivity contribution in [3.05, 3.63) is 48.5 Å². The lowest BCUT2D eigenvalue weighted by Crippen LogP contribution is -2.17. The van der Waals surface area contributed by atoms with Crippen molar-refractivity contribution in [1.82, 2.24) is 0 Å². The van der Waals surface area contributed by atoms with Gasteiger partial charge in [-0.15, -0.1) is 0 Å².